The molecule has 3 rings (SSSR count). The predicted octanol–water partition coefficient (Wildman–Crippen LogP) is 4.24. The molecular formula is C24H31FN6O2. The van der Waals surface area contributed by atoms with Crippen molar-refractivity contribution in [2.45, 2.75) is 32.7 Å². The molecule has 0 saturated carbocycles. The molecule has 0 saturated heterocycles. The highest BCUT2D eigenvalue weighted by Gasteiger charge is 2.14. The second-order valence-electron chi connectivity index (χ2n) is 8.12. The lowest BCUT2D eigenvalue weighted by atomic mass is 10.0. The number of benzene rings is 2. The van der Waals surface area contributed by atoms with Crippen LogP contribution in [0.25, 0.3) is 0 Å². The van der Waals surface area contributed by atoms with Crippen molar-refractivity contribution in [1.29, 1.82) is 0 Å². The molecule has 1 atom stereocenters. The minimum Gasteiger partial charge on any atom is -0.497 e. The third-order valence-corrected chi connectivity index (χ3v) is 4.88. The summed E-state index contributed by atoms with van der Waals surface area (Å²) in [7, 11) is 1.64. The number of anilines is 4. The van der Waals surface area contributed by atoms with E-state index in [2.05, 4.69) is 44.7 Å². The summed E-state index contributed by atoms with van der Waals surface area (Å²) in [5.41, 5.74) is 1.67. The highest BCUT2D eigenvalue weighted by Crippen LogP contribution is 2.18. The molecule has 0 fully saturated rings. The van der Waals surface area contributed by atoms with E-state index in [1.165, 1.54) is 12.1 Å². The van der Waals surface area contributed by atoms with Crippen LogP contribution in [0.1, 0.15) is 25.8 Å². The van der Waals surface area contributed by atoms with Gasteiger partial charge in [0.15, 0.2) is 0 Å². The number of ether oxygens (including phenoxy) is 1. The zero-order valence-electron chi connectivity index (χ0n) is 19.2. The van der Waals surface area contributed by atoms with Gasteiger partial charge in [0.25, 0.3) is 0 Å². The van der Waals surface area contributed by atoms with Gasteiger partial charge in [-0.3, -0.25) is 0 Å². The van der Waals surface area contributed by atoms with Gasteiger partial charge >= 0.3 is 0 Å². The fourth-order valence-electron chi connectivity index (χ4n) is 3.31. The maximum Gasteiger partial charge on any atom is 0.233 e. The van der Waals surface area contributed by atoms with Crippen LogP contribution in [0.5, 0.6) is 5.75 Å². The van der Waals surface area contributed by atoms with Crippen LogP contribution in [-0.4, -0.2) is 46.4 Å². The molecule has 2 aromatic carbocycles. The second kappa shape index (κ2) is 12.0. The van der Waals surface area contributed by atoms with E-state index >= 15 is 0 Å². The number of hydrogen-bond acceptors (Lipinski definition) is 8. The van der Waals surface area contributed by atoms with Crippen LogP contribution < -0.4 is 20.7 Å². The first-order valence-corrected chi connectivity index (χ1v) is 11.0. The molecule has 0 aliphatic rings. The predicted molar refractivity (Wildman–Crippen MR) is 129 cm³/mol. The molecule has 0 radical (unpaired) electrons. The third-order valence-electron chi connectivity index (χ3n) is 4.88. The van der Waals surface area contributed by atoms with Gasteiger partial charge in [0.2, 0.25) is 17.8 Å². The molecule has 1 aromatic heterocycles. The quantitative estimate of drug-likeness (QED) is 0.322. The van der Waals surface area contributed by atoms with Crippen LogP contribution in [0.15, 0.2) is 48.5 Å². The minimum atomic E-state index is -0.359. The Morgan fingerprint density at radius 3 is 2.39 bits per heavy atom. The van der Waals surface area contributed by atoms with Crippen LogP contribution in [0, 0.1) is 11.7 Å². The zero-order chi connectivity index (χ0) is 23.6. The van der Waals surface area contributed by atoms with Gasteiger partial charge in [-0.15, -0.1) is 0 Å². The standard InChI is InChI=1S/C24H31FN6O2/c1-16(2)13-20(15-32)28-24-30-22(26-12-11-17-7-9-21(33-3)10-8-17)29-23(31-24)27-19-6-4-5-18(25)14-19/h4-10,14,16,20,32H,11-13,15H2,1-3H3,(H3,26,27,28,29,30,31)/t20-/m1/s1. The van der Waals surface area contributed by atoms with Crippen molar-refractivity contribution in [3.63, 3.8) is 0 Å². The summed E-state index contributed by atoms with van der Waals surface area (Å²) in [6, 6.07) is 13.7. The van der Waals surface area contributed by atoms with Gasteiger partial charge < -0.3 is 25.8 Å². The minimum absolute atomic E-state index is 0.0449. The highest BCUT2D eigenvalue weighted by molar-refractivity contribution is 5.55. The highest BCUT2D eigenvalue weighted by atomic mass is 19.1. The molecule has 0 aliphatic heterocycles. The molecule has 8 nitrogen and oxygen atoms in total. The smallest absolute Gasteiger partial charge is 0.233 e. The van der Waals surface area contributed by atoms with Crippen LogP contribution in [0.3, 0.4) is 0 Å². The first-order valence-electron chi connectivity index (χ1n) is 11.0. The van der Waals surface area contributed by atoms with E-state index in [9.17, 15) is 9.50 Å². The van der Waals surface area contributed by atoms with Crippen molar-refractivity contribution in [1.82, 2.24) is 15.0 Å². The SMILES string of the molecule is COc1ccc(CCNc2nc(Nc3cccc(F)c3)nc(N[C@@H](CO)CC(C)C)n2)cc1. The molecule has 0 unspecified atom stereocenters. The van der Waals surface area contributed by atoms with Crippen molar-refractivity contribution < 1.29 is 14.2 Å². The van der Waals surface area contributed by atoms with E-state index in [1.54, 1.807) is 19.2 Å². The summed E-state index contributed by atoms with van der Waals surface area (Å²) >= 11 is 0. The topological polar surface area (TPSA) is 104 Å². The number of aliphatic hydroxyl groups is 1. The lowest BCUT2D eigenvalue weighted by molar-refractivity contribution is 0.259. The Bertz CT molecular complexity index is 1020. The Morgan fingerprint density at radius 2 is 1.73 bits per heavy atom. The number of nitrogens with one attached hydrogen (secondary N) is 3. The van der Waals surface area contributed by atoms with Crippen LogP contribution in [0.4, 0.5) is 27.9 Å². The van der Waals surface area contributed by atoms with E-state index in [1.807, 2.05) is 24.3 Å². The largest absolute Gasteiger partial charge is 0.497 e. The van der Waals surface area contributed by atoms with Crippen molar-refractivity contribution in [3.05, 3.63) is 59.9 Å². The summed E-state index contributed by atoms with van der Waals surface area (Å²) < 4.78 is 18.8. The number of rotatable bonds is 12. The number of aliphatic hydroxyl groups excluding tert-OH is 1. The Balaban J connectivity index is 1.74. The van der Waals surface area contributed by atoms with Gasteiger partial charge in [0.05, 0.1) is 19.8 Å². The monoisotopic (exact) mass is 454 g/mol. The van der Waals surface area contributed by atoms with Gasteiger partial charge in [-0.1, -0.05) is 32.0 Å². The first-order chi connectivity index (χ1) is 15.9. The average Bonchev–Trinajstić information content (AvgIpc) is 2.79. The summed E-state index contributed by atoms with van der Waals surface area (Å²) in [5, 5.41) is 19.1. The maximum atomic E-state index is 13.6. The Hall–Kier alpha value is -3.46. The van der Waals surface area contributed by atoms with E-state index < -0.39 is 0 Å². The molecule has 33 heavy (non-hydrogen) atoms. The Morgan fingerprint density at radius 1 is 1.00 bits per heavy atom. The molecule has 0 spiro atoms. The van der Waals surface area contributed by atoms with Crippen LogP contribution in [0.2, 0.25) is 0 Å². The lowest BCUT2D eigenvalue weighted by Gasteiger charge is -2.19. The third kappa shape index (κ3) is 7.87. The molecule has 4 N–H and O–H groups in total. The number of halogens is 1. The van der Waals surface area contributed by atoms with Gasteiger partial charge in [-0.2, -0.15) is 15.0 Å². The summed E-state index contributed by atoms with van der Waals surface area (Å²) in [6.45, 7) is 4.73. The van der Waals surface area contributed by atoms with Crippen molar-refractivity contribution in [2.24, 2.45) is 5.92 Å². The second-order valence-corrected chi connectivity index (χ2v) is 8.12. The molecular weight excluding hydrogens is 423 g/mol. The number of nitrogens with zero attached hydrogens (tertiary/aromatic N) is 3. The van der Waals surface area contributed by atoms with E-state index in [0.29, 0.717) is 30.0 Å². The van der Waals surface area contributed by atoms with Crippen LogP contribution in [-0.2, 0) is 6.42 Å². The van der Waals surface area contributed by atoms with Gasteiger partial charge in [-0.25, -0.2) is 4.39 Å². The van der Waals surface area contributed by atoms with Gasteiger partial charge in [0.1, 0.15) is 11.6 Å². The summed E-state index contributed by atoms with van der Waals surface area (Å²) in [6.07, 6.45) is 1.52. The van der Waals surface area contributed by atoms with Crippen molar-refractivity contribution >= 4 is 23.5 Å². The molecule has 1 heterocycles. The van der Waals surface area contributed by atoms with Gasteiger partial charge in [-0.05, 0) is 54.7 Å². The molecule has 3 aromatic rings. The van der Waals surface area contributed by atoms with Gasteiger partial charge in [0, 0.05) is 12.2 Å². The van der Waals surface area contributed by atoms with Crippen LogP contribution >= 0.6 is 0 Å². The first kappa shape index (κ1) is 24.2. The lowest BCUT2D eigenvalue weighted by Crippen LogP contribution is -2.27. The zero-order valence-corrected chi connectivity index (χ0v) is 19.2. The molecule has 176 valence electrons. The fourth-order valence-corrected chi connectivity index (χ4v) is 3.31. The van der Waals surface area contributed by atoms with Crippen molar-refractivity contribution in [2.75, 3.05) is 36.2 Å². The normalized spacial score (nSPS) is 11.8. The fraction of sp³-hybridized carbons (Fsp3) is 0.375. The van der Waals surface area contributed by atoms with Crippen molar-refractivity contribution in [3.8, 4) is 5.75 Å². The average molecular weight is 455 g/mol. The number of aromatic nitrogens is 3. The van der Waals surface area contributed by atoms with E-state index in [4.69, 9.17) is 4.74 Å². The molecule has 9 heteroatoms. The Kier molecular flexibility index (Phi) is 8.77. The summed E-state index contributed by atoms with van der Waals surface area (Å²) in [5.74, 6) is 1.82. The number of hydrogen-bond donors (Lipinski definition) is 4. The Labute approximate surface area is 193 Å². The molecule has 0 amide bonds. The summed E-state index contributed by atoms with van der Waals surface area (Å²) in [4.78, 5) is 13.3. The number of methoxy groups -OCH3 is 1. The van der Waals surface area contributed by atoms with E-state index in [0.717, 1.165) is 24.2 Å². The maximum absolute atomic E-state index is 13.6. The van der Waals surface area contributed by atoms with E-state index in [-0.39, 0.29) is 24.4 Å². The molecule has 0 aliphatic carbocycles. The molecule has 0 bridgehead atoms.